The molecule has 204 valence electrons. The van der Waals surface area contributed by atoms with Gasteiger partial charge >= 0.3 is 0 Å². The van der Waals surface area contributed by atoms with Gasteiger partial charge in [0.15, 0.2) is 6.10 Å². The number of nitrogens with zero attached hydrogens (tertiary/aromatic N) is 5. The van der Waals surface area contributed by atoms with Crippen molar-refractivity contribution in [3.8, 4) is 29.0 Å². The predicted octanol–water partition coefficient (Wildman–Crippen LogP) is 4.35. The maximum atomic E-state index is 14.2. The molecule has 0 radical (unpaired) electrons. The molecule has 5 rings (SSSR count). The highest BCUT2D eigenvalue weighted by atomic mass is 19.3. The maximum Gasteiger partial charge on any atom is 0.296 e. The molecule has 1 unspecified atom stereocenters. The van der Waals surface area contributed by atoms with Gasteiger partial charge in [0.1, 0.15) is 17.6 Å². The largest absolute Gasteiger partial charge is 0.483 e. The van der Waals surface area contributed by atoms with E-state index in [9.17, 15) is 14.0 Å². The fourth-order valence-corrected chi connectivity index (χ4v) is 5.00. The number of piperidine rings is 2. The van der Waals surface area contributed by atoms with Crippen LogP contribution in [0.1, 0.15) is 36.3 Å². The van der Waals surface area contributed by atoms with Crippen LogP contribution >= 0.6 is 0 Å². The lowest BCUT2D eigenvalue weighted by Crippen LogP contribution is -2.52. The number of aromatic nitrogens is 3. The molecule has 4 heterocycles. The van der Waals surface area contributed by atoms with Gasteiger partial charge in [0, 0.05) is 23.7 Å². The Bertz CT molecular complexity index is 1360. The molecule has 2 aliphatic rings. The Kier molecular flexibility index (Phi) is 7.86. The third kappa shape index (κ3) is 6.08. The molecule has 1 aromatic carbocycles. The van der Waals surface area contributed by atoms with Crippen molar-refractivity contribution in [3.63, 3.8) is 0 Å². The summed E-state index contributed by atoms with van der Waals surface area (Å²) >= 11 is 0. The standard InChI is InChI=1S/C28H31F2N7O2/c1-37-13-9-18(10-14-37)21-4-6-25(35-26(21)38-2)36-27-33-12-7-22(34-27)19-3-5-23(20(15-19)16-31)39-24-8-11-32-17-28(24,29)30/h3-7,12,15,18,24,32H,8-11,13-14,17H2,1-2H3,(H,33,34,35,36). The van der Waals surface area contributed by atoms with E-state index in [-0.39, 0.29) is 17.7 Å². The van der Waals surface area contributed by atoms with Crippen molar-refractivity contribution in [1.29, 1.82) is 5.26 Å². The zero-order valence-corrected chi connectivity index (χ0v) is 22.0. The number of nitrogens with one attached hydrogen (secondary N) is 2. The summed E-state index contributed by atoms with van der Waals surface area (Å²) in [5, 5.41) is 15.5. The summed E-state index contributed by atoms with van der Waals surface area (Å²) in [6.07, 6.45) is 2.57. The molecule has 0 amide bonds. The van der Waals surface area contributed by atoms with Crippen molar-refractivity contribution >= 4 is 11.8 Å². The van der Waals surface area contributed by atoms with E-state index in [4.69, 9.17) is 9.47 Å². The van der Waals surface area contributed by atoms with Crippen LogP contribution in [0.4, 0.5) is 20.5 Å². The van der Waals surface area contributed by atoms with E-state index in [1.54, 1.807) is 31.5 Å². The average molecular weight is 536 g/mol. The van der Waals surface area contributed by atoms with Crippen molar-refractivity contribution in [3.05, 3.63) is 53.7 Å². The van der Waals surface area contributed by atoms with Crippen molar-refractivity contribution in [2.75, 3.05) is 45.7 Å². The normalized spacial score (nSPS) is 19.7. The van der Waals surface area contributed by atoms with Gasteiger partial charge in [-0.2, -0.15) is 10.2 Å². The summed E-state index contributed by atoms with van der Waals surface area (Å²) in [6.45, 7) is 2.06. The number of ether oxygens (including phenoxy) is 2. The Morgan fingerprint density at radius 2 is 1.95 bits per heavy atom. The third-order valence-electron chi connectivity index (χ3n) is 7.22. The van der Waals surface area contributed by atoms with E-state index < -0.39 is 18.6 Å². The Morgan fingerprint density at radius 3 is 2.69 bits per heavy atom. The van der Waals surface area contributed by atoms with E-state index in [0.717, 1.165) is 31.5 Å². The first-order valence-corrected chi connectivity index (χ1v) is 13.0. The molecule has 0 aliphatic carbocycles. The predicted molar refractivity (Wildman–Crippen MR) is 143 cm³/mol. The summed E-state index contributed by atoms with van der Waals surface area (Å²) in [6, 6.07) is 12.5. The lowest BCUT2D eigenvalue weighted by atomic mass is 9.90. The van der Waals surface area contributed by atoms with Crippen LogP contribution in [0.2, 0.25) is 0 Å². The van der Waals surface area contributed by atoms with E-state index >= 15 is 0 Å². The van der Waals surface area contributed by atoms with Gasteiger partial charge in [-0.1, -0.05) is 0 Å². The van der Waals surface area contributed by atoms with Gasteiger partial charge in [-0.15, -0.1) is 0 Å². The summed E-state index contributed by atoms with van der Waals surface area (Å²) < 4.78 is 39.6. The van der Waals surface area contributed by atoms with Crippen molar-refractivity contribution in [1.82, 2.24) is 25.2 Å². The number of benzene rings is 1. The molecule has 0 bridgehead atoms. The monoisotopic (exact) mass is 535 g/mol. The minimum Gasteiger partial charge on any atom is -0.483 e. The lowest BCUT2D eigenvalue weighted by molar-refractivity contribution is -0.109. The van der Waals surface area contributed by atoms with Crippen LogP contribution in [0.5, 0.6) is 11.6 Å². The first kappa shape index (κ1) is 26.7. The fraction of sp³-hybridized carbons (Fsp3) is 0.429. The van der Waals surface area contributed by atoms with Gasteiger partial charge in [0.05, 0.1) is 24.9 Å². The minimum atomic E-state index is -3.01. The Labute approximate surface area is 226 Å². The number of anilines is 2. The number of hydrogen-bond donors (Lipinski definition) is 2. The molecular formula is C28H31F2N7O2. The van der Waals surface area contributed by atoms with Gasteiger partial charge in [0.25, 0.3) is 5.92 Å². The number of methoxy groups -OCH3 is 1. The van der Waals surface area contributed by atoms with Gasteiger partial charge in [-0.3, -0.25) is 0 Å². The van der Waals surface area contributed by atoms with Gasteiger partial charge in [-0.05, 0) is 81.8 Å². The molecule has 0 spiro atoms. The molecule has 2 fully saturated rings. The van der Waals surface area contributed by atoms with Crippen LogP contribution in [-0.2, 0) is 0 Å². The van der Waals surface area contributed by atoms with E-state index in [2.05, 4.69) is 43.6 Å². The SMILES string of the molecule is COc1nc(Nc2nccc(-c3ccc(OC4CCNCC4(F)F)c(C#N)c3)n2)ccc1C1CCN(C)CC1. The molecule has 2 aromatic heterocycles. The number of rotatable bonds is 7. The Balaban J connectivity index is 1.33. The van der Waals surface area contributed by atoms with Crippen molar-refractivity contribution < 1.29 is 18.3 Å². The highest BCUT2D eigenvalue weighted by Gasteiger charge is 2.43. The maximum absolute atomic E-state index is 14.2. The van der Waals surface area contributed by atoms with Gasteiger partial charge in [0.2, 0.25) is 11.8 Å². The van der Waals surface area contributed by atoms with Gasteiger partial charge in [-0.25, -0.2) is 18.7 Å². The number of halogens is 2. The van der Waals surface area contributed by atoms with Crippen LogP contribution in [0.15, 0.2) is 42.6 Å². The summed E-state index contributed by atoms with van der Waals surface area (Å²) in [7, 11) is 3.75. The molecule has 39 heavy (non-hydrogen) atoms. The van der Waals surface area contributed by atoms with Gasteiger partial charge < -0.3 is 25.0 Å². The molecule has 3 aromatic rings. The molecule has 2 aliphatic heterocycles. The molecular weight excluding hydrogens is 504 g/mol. The summed E-state index contributed by atoms with van der Waals surface area (Å²) in [5.41, 5.74) is 2.44. The second-order valence-electron chi connectivity index (χ2n) is 9.92. The van der Waals surface area contributed by atoms with Crippen LogP contribution in [0.3, 0.4) is 0 Å². The molecule has 1 atom stereocenters. The average Bonchev–Trinajstić information content (AvgIpc) is 2.95. The van der Waals surface area contributed by atoms with Crippen LogP contribution in [0.25, 0.3) is 11.3 Å². The second-order valence-corrected chi connectivity index (χ2v) is 9.92. The third-order valence-corrected chi connectivity index (χ3v) is 7.22. The van der Waals surface area contributed by atoms with E-state index in [1.165, 1.54) is 6.07 Å². The molecule has 2 N–H and O–H groups in total. The Morgan fingerprint density at radius 1 is 1.13 bits per heavy atom. The highest BCUT2D eigenvalue weighted by Crippen LogP contribution is 2.35. The highest BCUT2D eigenvalue weighted by molar-refractivity contribution is 5.65. The summed E-state index contributed by atoms with van der Waals surface area (Å²) in [4.78, 5) is 15.8. The molecule has 11 heteroatoms. The molecule has 9 nitrogen and oxygen atoms in total. The zero-order valence-electron chi connectivity index (χ0n) is 22.0. The number of likely N-dealkylation sites (tertiary alicyclic amines) is 1. The number of pyridine rings is 1. The van der Waals surface area contributed by atoms with Crippen molar-refractivity contribution in [2.45, 2.75) is 37.2 Å². The van der Waals surface area contributed by atoms with Crippen LogP contribution < -0.4 is 20.1 Å². The topological polar surface area (TPSA) is 108 Å². The van der Waals surface area contributed by atoms with Crippen molar-refractivity contribution in [2.24, 2.45) is 0 Å². The fourth-order valence-electron chi connectivity index (χ4n) is 5.00. The molecule has 2 saturated heterocycles. The number of alkyl halides is 2. The summed E-state index contributed by atoms with van der Waals surface area (Å²) in [5.74, 6) is -1.04. The van der Waals surface area contributed by atoms with Crippen LogP contribution in [0, 0.1) is 11.3 Å². The quantitative estimate of drug-likeness (QED) is 0.457. The lowest BCUT2D eigenvalue weighted by Gasteiger charge is -2.32. The smallest absolute Gasteiger partial charge is 0.296 e. The minimum absolute atomic E-state index is 0.126. The number of hydrogen-bond acceptors (Lipinski definition) is 9. The first-order valence-electron chi connectivity index (χ1n) is 13.0. The van der Waals surface area contributed by atoms with E-state index in [1.807, 2.05) is 12.1 Å². The first-order chi connectivity index (χ1) is 18.9. The second kappa shape index (κ2) is 11.5. The van der Waals surface area contributed by atoms with E-state index in [0.29, 0.717) is 41.4 Å². The number of nitriles is 1. The van der Waals surface area contributed by atoms with Crippen LogP contribution in [-0.4, -0.2) is 72.2 Å². The Hall–Kier alpha value is -3.88. The molecule has 0 saturated carbocycles. The zero-order chi connectivity index (χ0) is 27.4.